The number of carbonyl (C=O) groups excluding carboxylic acids is 2. The lowest BCUT2D eigenvalue weighted by atomic mass is 10.2. The highest BCUT2D eigenvalue weighted by Crippen LogP contribution is 2.23. The second-order valence-corrected chi connectivity index (χ2v) is 7.25. The van der Waals surface area contributed by atoms with Gasteiger partial charge in [-0.1, -0.05) is 11.3 Å². The number of fused-ring (bicyclic) bond motifs is 1. The van der Waals surface area contributed by atoms with Gasteiger partial charge in [0.1, 0.15) is 12.3 Å². The summed E-state index contributed by atoms with van der Waals surface area (Å²) >= 11 is 1.32. The van der Waals surface area contributed by atoms with Gasteiger partial charge in [-0.15, -0.1) is 0 Å². The van der Waals surface area contributed by atoms with Crippen molar-refractivity contribution < 1.29 is 19.1 Å². The molecule has 0 bridgehead atoms. The Labute approximate surface area is 166 Å². The number of esters is 1. The maximum absolute atomic E-state index is 12.7. The summed E-state index contributed by atoms with van der Waals surface area (Å²) < 4.78 is 12.6. The largest absolute Gasteiger partial charge is 0.497 e. The van der Waals surface area contributed by atoms with Gasteiger partial charge in [0, 0.05) is 25.3 Å². The first kappa shape index (κ1) is 19.6. The zero-order valence-electron chi connectivity index (χ0n) is 16.1. The third-order valence-electron chi connectivity index (χ3n) is 4.23. The van der Waals surface area contributed by atoms with Gasteiger partial charge in [-0.05, 0) is 42.5 Å². The molecule has 0 unspecified atom stereocenters. The molecule has 1 aromatic heterocycles. The molecule has 0 spiro atoms. The molecule has 0 aliphatic carbocycles. The normalized spacial score (nSPS) is 11.5. The lowest BCUT2D eigenvalue weighted by Gasteiger charge is -2.11. The first-order valence-electron chi connectivity index (χ1n) is 8.53. The van der Waals surface area contributed by atoms with Crippen molar-refractivity contribution in [2.75, 3.05) is 33.2 Å². The van der Waals surface area contributed by atoms with Crippen LogP contribution in [0, 0.1) is 0 Å². The van der Waals surface area contributed by atoms with Gasteiger partial charge >= 0.3 is 5.97 Å². The molecule has 0 radical (unpaired) electrons. The number of methoxy groups -OCH3 is 2. The van der Waals surface area contributed by atoms with Crippen LogP contribution in [0.15, 0.2) is 47.5 Å². The molecule has 0 fully saturated rings. The van der Waals surface area contributed by atoms with Crippen LogP contribution in [0.2, 0.25) is 0 Å². The summed E-state index contributed by atoms with van der Waals surface area (Å²) in [5, 5.41) is 0. The van der Waals surface area contributed by atoms with E-state index in [2.05, 4.69) is 4.99 Å². The van der Waals surface area contributed by atoms with Gasteiger partial charge in [-0.2, -0.15) is 4.99 Å². The van der Waals surface area contributed by atoms with Crippen molar-refractivity contribution in [3.05, 3.63) is 52.8 Å². The summed E-state index contributed by atoms with van der Waals surface area (Å²) in [4.78, 5) is 31.2. The van der Waals surface area contributed by atoms with Crippen LogP contribution in [-0.4, -0.2) is 44.8 Å². The average Bonchev–Trinajstić information content (AvgIpc) is 3.03. The van der Waals surface area contributed by atoms with E-state index in [-0.39, 0.29) is 12.5 Å². The van der Waals surface area contributed by atoms with Gasteiger partial charge in [-0.25, -0.2) is 0 Å². The Morgan fingerprint density at radius 3 is 2.43 bits per heavy atom. The number of thiazole rings is 1. The average molecular weight is 399 g/mol. The van der Waals surface area contributed by atoms with Crippen LogP contribution in [0.4, 0.5) is 5.69 Å². The number of hydrogen-bond donors (Lipinski definition) is 0. The summed E-state index contributed by atoms with van der Waals surface area (Å²) in [5.74, 6) is -0.0988. The predicted octanol–water partition coefficient (Wildman–Crippen LogP) is 2.69. The van der Waals surface area contributed by atoms with Crippen molar-refractivity contribution in [2.45, 2.75) is 6.54 Å². The smallest absolute Gasteiger partial charge is 0.325 e. The third-order valence-corrected chi connectivity index (χ3v) is 5.27. The fourth-order valence-corrected chi connectivity index (χ4v) is 3.72. The Kier molecular flexibility index (Phi) is 5.79. The van der Waals surface area contributed by atoms with Crippen LogP contribution in [0.5, 0.6) is 5.75 Å². The molecule has 1 amide bonds. The lowest BCUT2D eigenvalue weighted by Crippen LogP contribution is -2.22. The van der Waals surface area contributed by atoms with E-state index in [1.54, 1.807) is 29.9 Å². The van der Waals surface area contributed by atoms with Crippen LogP contribution in [-0.2, 0) is 16.1 Å². The number of amides is 1. The van der Waals surface area contributed by atoms with E-state index in [9.17, 15) is 9.59 Å². The minimum Gasteiger partial charge on any atom is -0.497 e. The van der Waals surface area contributed by atoms with Gasteiger partial charge in [0.25, 0.3) is 5.91 Å². The zero-order valence-corrected chi connectivity index (χ0v) is 16.9. The Bertz CT molecular complexity index is 1080. The van der Waals surface area contributed by atoms with Crippen LogP contribution in [0.25, 0.3) is 10.2 Å². The Hall–Kier alpha value is -3.13. The zero-order chi connectivity index (χ0) is 20.3. The minimum absolute atomic E-state index is 0.0332. The molecule has 0 aliphatic rings. The van der Waals surface area contributed by atoms with Gasteiger partial charge in [0.05, 0.1) is 24.4 Å². The van der Waals surface area contributed by atoms with Crippen molar-refractivity contribution in [3.63, 3.8) is 0 Å². The summed E-state index contributed by atoms with van der Waals surface area (Å²) in [6, 6.07) is 12.7. The van der Waals surface area contributed by atoms with Crippen LogP contribution in [0.1, 0.15) is 10.4 Å². The number of ether oxygens (including phenoxy) is 2. The van der Waals surface area contributed by atoms with Gasteiger partial charge in [0.2, 0.25) is 0 Å². The number of anilines is 1. The Morgan fingerprint density at radius 1 is 1.11 bits per heavy atom. The highest BCUT2D eigenvalue weighted by Gasteiger charge is 2.13. The third kappa shape index (κ3) is 4.07. The predicted molar refractivity (Wildman–Crippen MR) is 109 cm³/mol. The monoisotopic (exact) mass is 399 g/mol. The molecule has 0 atom stereocenters. The minimum atomic E-state index is -0.417. The van der Waals surface area contributed by atoms with E-state index in [1.807, 2.05) is 43.3 Å². The fourth-order valence-electron chi connectivity index (χ4n) is 2.67. The SMILES string of the molecule is COC(=O)Cn1c(=NC(=O)c2ccc(N(C)C)cc2)sc2cc(OC)ccc21. The highest BCUT2D eigenvalue weighted by atomic mass is 32.1. The molecule has 0 N–H and O–H groups in total. The molecule has 7 nitrogen and oxygen atoms in total. The van der Waals surface area contributed by atoms with Crippen molar-refractivity contribution in [1.29, 1.82) is 0 Å². The van der Waals surface area contributed by atoms with Crippen LogP contribution in [0.3, 0.4) is 0 Å². The second kappa shape index (κ2) is 8.26. The highest BCUT2D eigenvalue weighted by molar-refractivity contribution is 7.16. The molecule has 0 saturated carbocycles. The molecule has 2 aromatic carbocycles. The van der Waals surface area contributed by atoms with E-state index in [4.69, 9.17) is 9.47 Å². The van der Waals surface area contributed by atoms with Crippen molar-refractivity contribution in [3.8, 4) is 5.75 Å². The molecular formula is C20H21N3O4S. The number of rotatable bonds is 5. The molecule has 146 valence electrons. The molecule has 8 heteroatoms. The summed E-state index contributed by atoms with van der Waals surface area (Å²) in [7, 11) is 6.78. The van der Waals surface area contributed by atoms with E-state index >= 15 is 0 Å². The molecule has 3 aromatic rings. The first-order chi connectivity index (χ1) is 13.4. The standard InChI is InChI=1S/C20H21N3O4S/c1-22(2)14-7-5-13(6-8-14)19(25)21-20-23(12-18(24)27-4)16-10-9-15(26-3)11-17(16)28-20/h5-11H,12H2,1-4H3. The summed E-state index contributed by atoms with van der Waals surface area (Å²) in [5.41, 5.74) is 2.25. The number of aromatic nitrogens is 1. The van der Waals surface area contributed by atoms with Crippen molar-refractivity contribution in [1.82, 2.24) is 4.57 Å². The summed E-state index contributed by atoms with van der Waals surface area (Å²) in [6.07, 6.45) is 0. The Morgan fingerprint density at radius 2 is 1.82 bits per heavy atom. The number of carbonyl (C=O) groups is 2. The van der Waals surface area contributed by atoms with Crippen molar-refractivity contribution >= 4 is 39.1 Å². The molecule has 0 aliphatic heterocycles. The summed E-state index contributed by atoms with van der Waals surface area (Å²) in [6.45, 7) is -0.0332. The Balaban J connectivity index is 2.07. The molecule has 28 heavy (non-hydrogen) atoms. The number of hydrogen-bond acceptors (Lipinski definition) is 6. The van der Waals surface area contributed by atoms with E-state index < -0.39 is 5.97 Å². The number of nitrogens with zero attached hydrogens (tertiary/aromatic N) is 3. The quantitative estimate of drug-likeness (QED) is 0.617. The van der Waals surface area contributed by atoms with Gasteiger partial charge in [0.15, 0.2) is 4.80 Å². The second-order valence-electron chi connectivity index (χ2n) is 6.24. The van der Waals surface area contributed by atoms with Crippen LogP contribution >= 0.6 is 11.3 Å². The first-order valence-corrected chi connectivity index (χ1v) is 9.35. The molecule has 0 saturated heterocycles. The van der Waals surface area contributed by atoms with Crippen LogP contribution < -0.4 is 14.4 Å². The number of benzene rings is 2. The van der Waals surface area contributed by atoms with Gasteiger partial charge < -0.3 is 18.9 Å². The van der Waals surface area contributed by atoms with E-state index in [1.165, 1.54) is 18.4 Å². The maximum Gasteiger partial charge on any atom is 0.325 e. The van der Waals surface area contributed by atoms with E-state index in [0.29, 0.717) is 16.1 Å². The topological polar surface area (TPSA) is 73.1 Å². The molecular weight excluding hydrogens is 378 g/mol. The molecule has 1 heterocycles. The maximum atomic E-state index is 12.7. The van der Waals surface area contributed by atoms with Gasteiger partial charge in [-0.3, -0.25) is 9.59 Å². The van der Waals surface area contributed by atoms with E-state index in [0.717, 1.165) is 15.9 Å². The fraction of sp³-hybridized carbons (Fsp3) is 0.250. The van der Waals surface area contributed by atoms with Crippen molar-refractivity contribution in [2.24, 2.45) is 4.99 Å². The molecule has 3 rings (SSSR count). The lowest BCUT2D eigenvalue weighted by molar-refractivity contribution is -0.141.